The molecule has 5 N–H and O–H groups in total. The van der Waals surface area contributed by atoms with Crippen molar-refractivity contribution in [2.24, 2.45) is 0 Å². The molecule has 0 bridgehead atoms. The van der Waals surface area contributed by atoms with Gasteiger partial charge in [-0.2, -0.15) is 0 Å². The largest absolute Gasteiger partial charge is 0.509 e. The molecule has 0 radical (unpaired) electrons. The molecule has 172 valence electrons. The molecule has 0 heterocycles. The third kappa shape index (κ3) is 3.12. The van der Waals surface area contributed by atoms with Crippen molar-refractivity contribution in [1.29, 1.82) is 0 Å². The molecule has 0 saturated carbocycles. The zero-order chi connectivity index (χ0) is 25.2. The molecule has 0 amide bonds. The average molecular weight is 462 g/mol. The van der Waals surface area contributed by atoms with E-state index in [1.807, 2.05) is 42.5 Å². The Balaban J connectivity index is 2.03. The van der Waals surface area contributed by atoms with Crippen molar-refractivity contribution in [3.8, 4) is 51.0 Å². The zero-order valence-electron chi connectivity index (χ0n) is 19.9. The highest BCUT2D eigenvalue weighted by Crippen LogP contribution is 2.50. The molecule has 0 saturated heterocycles. The van der Waals surface area contributed by atoms with E-state index >= 15 is 0 Å². The van der Waals surface area contributed by atoms with Gasteiger partial charge in [0.1, 0.15) is 44.4 Å². The first-order valence-corrected chi connectivity index (χ1v) is 11.4. The van der Waals surface area contributed by atoms with E-state index in [1.165, 1.54) is 0 Å². The number of phenolic OH excluding ortho intramolecular Hbond substituents is 5. The van der Waals surface area contributed by atoms with Gasteiger partial charge < -0.3 is 25.5 Å². The van der Waals surface area contributed by atoms with Gasteiger partial charge in [0.2, 0.25) is 0 Å². The molecule has 5 aromatic carbocycles. The van der Waals surface area contributed by atoms with Gasteiger partial charge in [-0.1, -0.05) is 48.5 Å². The molecule has 5 rings (SSSR count). The molecule has 0 atom stereocenters. The van der Waals surface area contributed by atoms with Gasteiger partial charge in [0.25, 0.3) is 0 Å². The van der Waals surface area contributed by atoms with Crippen LogP contribution < -0.4 is 10.9 Å². The van der Waals surface area contributed by atoms with E-state index < -0.39 is 0 Å². The Kier molecular flexibility index (Phi) is 5.09. The highest BCUT2D eigenvalue weighted by Gasteiger charge is 2.25. The molecule has 0 fully saturated rings. The highest BCUT2D eigenvalue weighted by molar-refractivity contribution is 6.44. The fourth-order valence-corrected chi connectivity index (χ4v) is 4.97. The van der Waals surface area contributed by atoms with E-state index in [2.05, 4.69) is 0 Å². The number of rotatable bonds is 2. The van der Waals surface area contributed by atoms with Gasteiger partial charge in [0.15, 0.2) is 0 Å². The Morgan fingerprint density at radius 3 is 1.69 bits per heavy atom. The molecule has 0 aromatic heterocycles. The van der Waals surface area contributed by atoms with Crippen molar-refractivity contribution < 1.29 is 25.5 Å². The van der Waals surface area contributed by atoms with E-state index in [0.717, 1.165) is 10.8 Å². The molecule has 0 aliphatic rings. The minimum atomic E-state index is -0.221. The van der Waals surface area contributed by atoms with Crippen molar-refractivity contribution in [3.05, 3.63) is 65.7 Å². The first-order valence-electron chi connectivity index (χ1n) is 11.4. The Labute approximate surface area is 204 Å². The van der Waals surface area contributed by atoms with Crippen LogP contribution in [0, 0.1) is 13.8 Å². The van der Waals surface area contributed by atoms with Gasteiger partial charge in [-0.25, -0.2) is 0 Å². The van der Waals surface area contributed by atoms with Crippen LogP contribution in [0.25, 0.3) is 43.8 Å². The van der Waals surface area contributed by atoms with E-state index in [4.69, 9.17) is 0 Å². The predicted molar refractivity (Wildman–Crippen MR) is 146 cm³/mol. The molecular formula is C28H24B2O5. The second-order valence-corrected chi connectivity index (χ2v) is 9.06. The Morgan fingerprint density at radius 1 is 0.543 bits per heavy atom. The van der Waals surface area contributed by atoms with Crippen LogP contribution in [-0.4, -0.2) is 41.2 Å². The molecular weight excluding hydrogens is 438 g/mol. The van der Waals surface area contributed by atoms with Crippen LogP contribution in [0.3, 0.4) is 0 Å². The molecule has 5 aromatic rings. The smallest absolute Gasteiger partial charge is 0.149 e. The lowest BCUT2D eigenvalue weighted by molar-refractivity contribution is 0.442. The van der Waals surface area contributed by atoms with E-state index in [-0.39, 0.29) is 45.2 Å². The maximum Gasteiger partial charge on any atom is 0.149 e. The standard InChI is InChI=1S/C28H24B2O5/c1-12-13(2)25(32)20-18(24(12)31)11-14-7-3-4-8-15(14)19(20)16-9-5-6-10-17(16)21-26(33)22(29)28(35)23(30)27(21)34/h3-11,31-35H,29-30H2,1-2H3. The number of fused-ring (bicyclic) bond motifs is 2. The summed E-state index contributed by atoms with van der Waals surface area (Å²) in [5.74, 6) is -0.437. The van der Waals surface area contributed by atoms with Crippen molar-refractivity contribution in [1.82, 2.24) is 0 Å². The molecule has 0 unspecified atom stereocenters. The minimum absolute atomic E-state index is 0.0670. The second kappa shape index (κ2) is 7.91. The first kappa shape index (κ1) is 22.5. The Morgan fingerprint density at radius 2 is 1.06 bits per heavy atom. The summed E-state index contributed by atoms with van der Waals surface area (Å²) in [5.41, 5.74) is 3.76. The summed E-state index contributed by atoms with van der Waals surface area (Å²) < 4.78 is 0. The van der Waals surface area contributed by atoms with Gasteiger partial charge in [-0.3, -0.25) is 0 Å². The maximum absolute atomic E-state index is 11.3. The van der Waals surface area contributed by atoms with E-state index in [1.54, 1.807) is 41.7 Å². The normalized spacial score (nSPS) is 11.4. The summed E-state index contributed by atoms with van der Waals surface area (Å²) in [5, 5.41) is 57.4. The Bertz CT molecular complexity index is 1660. The lowest BCUT2D eigenvalue weighted by Crippen LogP contribution is -2.17. The molecule has 35 heavy (non-hydrogen) atoms. The lowest BCUT2D eigenvalue weighted by atomic mass is 9.79. The van der Waals surface area contributed by atoms with Crippen molar-refractivity contribution in [3.63, 3.8) is 0 Å². The quantitative estimate of drug-likeness (QED) is 0.158. The summed E-state index contributed by atoms with van der Waals surface area (Å²) in [4.78, 5) is 0. The third-order valence-electron chi connectivity index (χ3n) is 7.17. The van der Waals surface area contributed by atoms with Crippen LogP contribution in [0.4, 0.5) is 0 Å². The molecule has 7 heteroatoms. The van der Waals surface area contributed by atoms with Crippen LogP contribution in [0.15, 0.2) is 54.6 Å². The van der Waals surface area contributed by atoms with Crippen LogP contribution in [0.2, 0.25) is 0 Å². The second-order valence-electron chi connectivity index (χ2n) is 9.06. The predicted octanol–water partition coefficient (Wildman–Crippen LogP) is 2.99. The van der Waals surface area contributed by atoms with Gasteiger partial charge >= 0.3 is 0 Å². The maximum atomic E-state index is 11.3. The monoisotopic (exact) mass is 462 g/mol. The number of hydrogen-bond acceptors (Lipinski definition) is 5. The lowest BCUT2D eigenvalue weighted by Gasteiger charge is -2.21. The van der Waals surface area contributed by atoms with Gasteiger partial charge in [0.05, 0.1) is 5.56 Å². The van der Waals surface area contributed by atoms with Crippen molar-refractivity contribution in [2.45, 2.75) is 13.8 Å². The fraction of sp³-hybridized carbons (Fsp3) is 0.0714. The SMILES string of the molecule is Bc1c(O)c(B)c(O)c(-c2ccccc2-c2c3ccccc3cc3c(O)c(C)c(C)c(O)c23)c1O. The fourth-order valence-electron chi connectivity index (χ4n) is 4.97. The van der Waals surface area contributed by atoms with Gasteiger partial charge in [0, 0.05) is 16.3 Å². The molecule has 0 aliphatic carbocycles. The summed E-state index contributed by atoms with van der Waals surface area (Å²) in [6.07, 6.45) is 0. The summed E-state index contributed by atoms with van der Waals surface area (Å²) in [6, 6.07) is 16.9. The average Bonchev–Trinajstić information content (AvgIpc) is 2.87. The van der Waals surface area contributed by atoms with Gasteiger partial charge in [-0.05, 0) is 63.9 Å². The van der Waals surface area contributed by atoms with E-state index in [0.29, 0.717) is 38.6 Å². The van der Waals surface area contributed by atoms with Crippen LogP contribution in [0.5, 0.6) is 28.7 Å². The summed E-state index contributed by atoms with van der Waals surface area (Å²) >= 11 is 0. The minimum Gasteiger partial charge on any atom is -0.509 e. The number of aromatic hydroxyl groups is 5. The van der Waals surface area contributed by atoms with Gasteiger partial charge in [-0.15, -0.1) is 0 Å². The topological polar surface area (TPSA) is 101 Å². The third-order valence-corrected chi connectivity index (χ3v) is 7.17. The van der Waals surface area contributed by atoms with E-state index in [9.17, 15) is 25.5 Å². The molecule has 0 aliphatic heterocycles. The van der Waals surface area contributed by atoms with Crippen LogP contribution in [0.1, 0.15) is 11.1 Å². The summed E-state index contributed by atoms with van der Waals surface area (Å²) in [7, 11) is 3.18. The van der Waals surface area contributed by atoms with Crippen LogP contribution >= 0.6 is 0 Å². The molecule has 5 nitrogen and oxygen atoms in total. The number of benzene rings is 5. The number of hydrogen-bond donors (Lipinski definition) is 5. The molecule has 0 spiro atoms. The van der Waals surface area contributed by atoms with Crippen molar-refractivity contribution in [2.75, 3.05) is 0 Å². The Hall–Kier alpha value is -4.25. The van der Waals surface area contributed by atoms with Crippen molar-refractivity contribution >= 4 is 48.2 Å². The first-order chi connectivity index (χ1) is 16.6. The zero-order valence-corrected chi connectivity index (χ0v) is 19.9. The van der Waals surface area contributed by atoms with Crippen LogP contribution in [-0.2, 0) is 0 Å². The number of phenols is 5. The highest BCUT2D eigenvalue weighted by atomic mass is 16.3. The summed E-state index contributed by atoms with van der Waals surface area (Å²) in [6.45, 7) is 3.53.